The lowest BCUT2D eigenvalue weighted by Crippen LogP contribution is -2.12. The first-order chi connectivity index (χ1) is 36.2. The maximum atomic E-state index is 12.8. The molecule has 6 aromatic carbocycles. The smallest absolute Gasteiger partial charge is 0.460 e. The minimum Gasteiger partial charge on any atom is -0.462 e. The summed E-state index contributed by atoms with van der Waals surface area (Å²) in [5, 5.41) is 0. The normalized spacial score (nSPS) is 14.8. The molecule has 1 heterocycles. The van der Waals surface area contributed by atoms with Crippen LogP contribution in [0.15, 0.2) is 166 Å². The van der Waals surface area contributed by atoms with E-state index >= 15 is 0 Å². The van der Waals surface area contributed by atoms with E-state index in [1.165, 1.54) is 121 Å². The highest BCUT2D eigenvalue weighted by atomic mass is 31.3. The number of carbonyl (C=O) groups excluding carboxylic acids is 5. The number of rotatable bonds is 23. The van der Waals surface area contributed by atoms with E-state index in [-0.39, 0.29) is 95.3 Å². The number of carbonyl (C=O) groups is 5. The van der Waals surface area contributed by atoms with Crippen LogP contribution in [0.1, 0.15) is 92.0 Å². The molecular weight excluding hydrogens is 1030 g/mol. The first kappa shape index (κ1) is 54.7. The van der Waals surface area contributed by atoms with Crippen LogP contribution in [0.2, 0.25) is 0 Å². The standard InChI is InChI=1S/C53H52N3O16P3/c1-7-37-13-25-43(26-14-37)67-73(68-44-27-15-38(16-28-44)49(57)62-8-2)54-74(69-45-29-17-39(18-30-45)50(58)63-9-3,70-46-31-19-40(20-32-46)51(59)64-10-4)56-75(55-73,71-47-33-21-41(22-34-47)52(60)65-11-5)72-48-35-23-42(24-36-48)53(61)66-12-6/h7,13-36H,1,8-12H2,2-6H3. The number of benzene rings is 6. The van der Waals surface area contributed by atoms with Gasteiger partial charge in [-0.25, -0.2) is 24.0 Å². The summed E-state index contributed by atoms with van der Waals surface area (Å²) in [4.78, 5) is 64.2. The average molecular weight is 1080 g/mol. The number of ether oxygens (including phenoxy) is 5. The molecule has 22 heteroatoms. The zero-order valence-corrected chi connectivity index (χ0v) is 44.1. The summed E-state index contributed by atoms with van der Waals surface area (Å²) in [5.41, 5.74) is 1.76. The molecule has 0 aromatic heterocycles. The van der Waals surface area contributed by atoms with Crippen molar-refractivity contribution in [2.24, 2.45) is 13.5 Å². The topological polar surface area (TPSA) is 224 Å². The van der Waals surface area contributed by atoms with Crippen LogP contribution in [0.5, 0.6) is 34.5 Å². The molecule has 19 nitrogen and oxygen atoms in total. The summed E-state index contributed by atoms with van der Waals surface area (Å²) < 4.78 is 83.0. The summed E-state index contributed by atoms with van der Waals surface area (Å²) in [6, 6.07) is 36.3. The van der Waals surface area contributed by atoms with Gasteiger partial charge in [0.2, 0.25) is 0 Å². The maximum Gasteiger partial charge on any atom is 0.460 e. The summed E-state index contributed by atoms with van der Waals surface area (Å²) in [7, 11) is -13.6. The van der Waals surface area contributed by atoms with E-state index in [0.717, 1.165) is 5.56 Å². The van der Waals surface area contributed by atoms with Crippen LogP contribution in [-0.2, 0) is 23.7 Å². The second kappa shape index (κ2) is 25.2. The van der Waals surface area contributed by atoms with E-state index in [2.05, 4.69) is 6.58 Å². The van der Waals surface area contributed by atoms with E-state index in [9.17, 15) is 24.0 Å². The molecule has 0 aliphatic carbocycles. The molecule has 0 saturated carbocycles. The molecule has 390 valence electrons. The Balaban J connectivity index is 1.56. The fourth-order valence-electron chi connectivity index (χ4n) is 6.58. The van der Waals surface area contributed by atoms with Gasteiger partial charge in [-0.05, 0) is 174 Å². The van der Waals surface area contributed by atoms with Crippen LogP contribution in [0.25, 0.3) is 6.08 Å². The van der Waals surface area contributed by atoms with Gasteiger partial charge in [0.15, 0.2) is 0 Å². The van der Waals surface area contributed by atoms with Crippen LogP contribution in [0.3, 0.4) is 0 Å². The largest absolute Gasteiger partial charge is 0.462 e. The Morgan fingerprint density at radius 3 is 0.667 bits per heavy atom. The molecule has 1 aliphatic heterocycles. The minimum atomic E-state index is -4.56. The summed E-state index contributed by atoms with van der Waals surface area (Å²) >= 11 is 0. The minimum absolute atomic E-state index is 0.0665. The molecule has 0 radical (unpaired) electrons. The van der Waals surface area contributed by atoms with Crippen LogP contribution in [0, 0.1) is 0 Å². The van der Waals surface area contributed by atoms with Gasteiger partial charge in [-0.2, -0.15) is 0 Å². The van der Waals surface area contributed by atoms with Crippen molar-refractivity contribution in [1.82, 2.24) is 0 Å². The number of hydrogen-bond acceptors (Lipinski definition) is 19. The Bertz CT molecular complexity index is 2920. The molecule has 0 bridgehead atoms. The van der Waals surface area contributed by atoms with E-state index in [1.54, 1.807) is 65.0 Å². The lowest BCUT2D eigenvalue weighted by Gasteiger charge is -2.33. The quantitative estimate of drug-likeness (QED) is 0.0330. The van der Waals surface area contributed by atoms with Crippen molar-refractivity contribution in [3.8, 4) is 34.5 Å². The fourth-order valence-corrected chi connectivity index (χ4v) is 15.6. The number of esters is 5. The highest BCUT2D eigenvalue weighted by molar-refractivity contribution is 7.79. The Kier molecular flexibility index (Phi) is 18.4. The zero-order valence-electron chi connectivity index (χ0n) is 41.4. The molecule has 0 fully saturated rings. The molecule has 1 unspecified atom stereocenters. The van der Waals surface area contributed by atoms with Gasteiger partial charge in [0.05, 0.1) is 60.9 Å². The third kappa shape index (κ3) is 14.4. The summed E-state index contributed by atoms with van der Waals surface area (Å²) in [6.07, 6.45) is 1.64. The number of nitrogens with zero attached hydrogens (tertiary/aromatic N) is 3. The summed E-state index contributed by atoms with van der Waals surface area (Å²) in [6.45, 7) is 12.9. The molecule has 1 aliphatic rings. The summed E-state index contributed by atoms with van der Waals surface area (Å²) in [5.74, 6) is -2.40. The molecular formula is C53H52N3O16P3. The van der Waals surface area contributed by atoms with E-state index in [4.69, 9.17) is 64.4 Å². The van der Waals surface area contributed by atoms with Crippen molar-refractivity contribution >= 4 is 58.9 Å². The third-order valence-electron chi connectivity index (χ3n) is 9.97. The third-order valence-corrected chi connectivity index (χ3v) is 18.1. The monoisotopic (exact) mass is 1080 g/mol. The molecule has 0 spiro atoms. The van der Waals surface area contributed by atoms with Crippen molar-refractivity contribution < 1.29 is 74.8 Å². The van der Waals surface area contributed by atoms with Crippen molar-refractivity contribution in [2.75, 3.05) is 33.0 Å². The van der Waals surface area contributed by atoms with Crippen LogP contribution in [-0.4, -0.2) is 62.9 Å². The second-order valence-electron chi connectivity index (χ2n) is 15.3. The highest BCUT2D eigenvalue weighted by Gasteiger charge is 2.49. The van der Waals surface area contributed by atoms with Gasteiger partial charge < -0.3 is 50.8 Å². The van der Waals surface area contributed by atoms with Gasteiger partial charge in [0, 0.05) is 0 Å². The molecule has 0 amide bonds. The zero-order chi connectivity index (χ0) is 53.4. The molecule has 1 atom stereocenters. The first-order valence-electron chi connectivity index (χ1n) is 23.4. The van der Waals surface area contributed by atoms with Crippen LogP contribution < -0.4 is 27.1 Å². The number of hydrogen-bond donors (Lipinski definition) is 0. The molecule has 0 N–H and O–H groups in total. The highest BCUT2D eigenvalue weighted by Crippen LogP contribution is 2.78. The van der Waals surface area contributed by atoms with Crippen molar-refractivity contribution in [1.29, 1.82) is 0 Å². The maximum absolute atomic E-state index is 12.8. The SMILES string of the molecule is C=Cc1ccc(OP2(Oc3ccc(C(=O)OCC)cc3)=NP(Oc3ccc(C(=O)OCC)cc3)(Oc3ccc(C(=O)OCC)cc3)=NP(Oc3ccc(C(=O)OCC)cc3)(Oc3ccc(C(=O)OCC)cc3)=N2)cc1. The fraction of sp³-hybridized carbons (Fsp3) is 0.189. The lowest BCUT2D eigenvalue weighted by molar-refractivity contribution is 0.0516. The predicted molar refractivity (Wildman–Crippen MR) is 280 cm³/mol. The Morgan fingerprint density at radius 2 is 0.507 bits per heavy atom. The van der Waals surface area contributed by atoms with Gasteiger partial charge in [-0.3, -0.25) is 0 Å². The van der Waals surface area contributed by atoms with Gasteiger partial charge in [0.25, 0.3) is 0 Å². The molecule has 75 heavy (non-hydrogen) atoms. The molecule has 0 saturated heterocycles. The van der Waals surface area contributed by atoms with Crippen molar-refractivity contribution in [2.45, 2.75) is 34.6 Å². The van der Waals surface area contributed by atoms with E-state index in [1.807, 2.05) is 0 Å². The molecule has 7 rings (SSSR count). The molecule has 6 aromatic rings. The average Bonchev–Trinajstić information content (AvgIpc) is 3.40. The van der Waals surface area contributed by atoms with E-state index < -0.39 is 52.8 Å². The lowest BCUT2D eigenvalue weighted by atomic mass is 10.2. The van der Waals surface area contributed by atoms with Crippen molar-refractivity contribution in [3.05, 3.63) is 186 Å². The van der Waals surface area contributed by atoms with Gasteiger partial charge >= 0.3 is 52.8 Å². The Labute approximate surface area is 433 Å². The van der Waals surface area contributed by atoms with Gasteiger partial charge in [-0.1, -0.05) is 38.3 Å². The van der Waals surface area contributed by atoms with Crippen LogP contribution in [0.4, 0.5) is 0 Å². The van der Waals surface area contributed by atoms with E-state index in [0.29, 0.717) is 0 Å². The second-order valence-corrected chi connectivity index (χ2v) is 21.5. The first-order valence-corrected chi connectivity index (χ1v) is 28.0. The van der Waals surface area contributed by atoms with Gasteiger partial charge in [-0.15, -0.1) is 0 Å². The van der Waals surface area contributed by atoms with Crippen molar-refractivity contribution in [3.63, 3.8) is 0 Å². The Hall–Kier alpha value is -8.10. The van der Waals surface area contributed by atoms with Gasteiger partial charge in [0.1, 0.15) is 34.5 Å². The van der Waals surface area contributed by atoms with Crippen LogP contribution >= 0.6 is 23.0 Å². The Morgan fingerprint density at radius 1 is 0.333 bits per heavy atom. The predicted octanol–water partition coefficient (Wildman–Crippen LogP) is 13.8.